The Morgan fingerprint density at radius 2 is 2.04 bits per heavy atom. The van der Waals surface area contributed by atoms with Crippen molar-refractivity contribution in [3.8, 4) is 0 Å². The summed E-state index contributed by atoms with van der Waals surface area (Å²) in [6.45, 7) is 10.6. The molecule has 2 aromatic rings. The number of carbonyl (C=O) groups is 1. The van der Waals surface area contributed by atoms with Gasteiger partial charge in [-0.1, -0.05) is 26.0 Å². The zero-order valence-corrected chi connectivity index (χ0v) is 14.4. The molecule has 124 valence electrons. The molecule has 5 nitrogen and oxygen atoms in total. The zero-order valence-electron chi connectivity index (χ0n) is 14.4. The van der Waals surface area contributed by atoms with Gasteiger partial charge in [-0.25, -0.2) is 0 Å². The lowest BCUT2D eigenvalue weighted by atomic mass is 10.1. The monoisotopic (exact) mass is 314 g/mol. The summed E-state index contributed by atoms with van der Waals surface area (Å²) >= 11 is 0. The van der Waals surface area contributed by atoms with Crippen molar-refractivity contribution in [2.45, 2.75) is 47.2 Å². The number of nitrogens with zero attached hydrogens (tertiary/aromatic N) is 2. The van der Waals surface area contributed by atoms with Crippen molar-refractivity contribution in [2.24, 2.45) is 0 Å². The number of hydrogen-bond acceptors (Lipinski definition) is 3. The quantitative estimate of drug-likeness (QED) is 0.824. The first kappa shape index (κ1) is 17.2. The number of rotatable bonds is 7. The fourth-order valence-electron chi connectivity index (χ4n) is 2.68. The van der Waals surface area contributed by atoms with Crippen molar-refractivity contribution in [1.29, 1.82) is 0 Å². The molecule has 0 aliphatic rings. The molecule has 0 aliphatic carbocycles. The lowest BCUT2D eigenvalue weighted by Crippen LogP contribution is -2.15. The molecule has 2 rings (SSSR count). The van der Waals surface area contributed by atoms with Crippen LogP contribution in [0.5, 0.6) is 0 Å². The van der Waals surface area contributed by atoms with Gasteiger partial charge in [-0.3, -0.25) is 9.48 Å². The second-order valence-corrected chi connectivity index (χ2v) is 5.70. The Morgan fingerprint density at radius 3 is 2.74 bits per heavy atom. The topological polar surface area (TPSA) is 59.0 Å². The van der Waals surface area contributed by atoms with Crippen LogP contribution in [0.25, 0.3) is 0 Å². The van der Waals surface area contributed by atoms with Gasteiger partial charge in [0.15, 0.2) is 0 Å². The van der Waals surface area contributed by atoms with E-state index >= 15 is 0 Å². The van der Waals surface area contributed by atoms with Crippen LogP contribution in [0.4, 0.5) is 5.69 Å². The van der Waals surface area contributed by atoms with E-state index in [0.717, 1.165) is 48.7 Å². The molecule has 5 heteroatoms. The molecule has 0 saturated carbocycles. The van der Waals surface area contributed by atoms with Gasteiger partial charge in [-0.05, 0) is 44.5 Å². The summed E-state index contributed by atoms with van der Waals surface area (Å²) in [7, 11) is 0. The lowest BCUT2D eigenvalue weighted by Gasteiger charge is -2.08. The third-order valence-electron chi connectivity index (χ3n) is 3.81. The van der Waals surface area contributed by atoms with Crippen LogP contribution in [0.3, 0.4) is 0 Å². The van der Waals surface area contributed by atoms with Gasteiger partial charge in [0, 0.05) is 24.5 Å². The number of carbonyl (C=O) groups excluding carboxylic acids is 1. The molecular formula is C18H26N4O. The Labute approximate surface area is 138 Å². The number of aryl methyl sites for hydroxylation is 2. The summed E-state index contributed by atoms with van der Waals surface area (Å²) in [5.74, 6) is -0.0945. The fourth-order valence-corrected chi connectivity index (χ4v) is 2.68. The number of aromatic nitrogens is 2. The first-order valence-corrected chi connectivity index (χ1v) is 8.21. The zero-order chi connectivity index (χ0) is 16.8. The number of anilines is 1. The highest BCUT2D eigenvalue weighted by Crippen LogP contribution is 2.17. The lowest BCUT2D eigenvalue weighted by molar-refractivity contribution is 0.102. The number of amides is 1. The van der Waals surface area contributed by atoms with Gasteiger partial charge in [0.25, 0.3) is 5.91 Å². The highest BCUT2D eigenvalue weighted by molar-refractivity contribution is 6.05. The minimum Gasteiger partial charge on any atom is -0.322 e. The predicted octanol–water partition coefficient (Wildman–Crippen LogP) is 3.27. The normalized spacial score (nSPS) is 10.8. The van der Waals surface area contributed by atoms with Crippen LogP contribution in [0.2, 0.25) is 0 Å². The van der Waals surface area contributed by atoms with Crippen LogP contribution in [-0.2, 0) is 13.1 Å². The van der Waals surface area contributed by atoms with E-state index in [0.29, 0.717) is 5.56 Å². The van der Waals surface area contributed by atoms with Gasteiger partial charge in [-0.15, -0.1) is 0 Å². The van der Waals surface area contributed by atoms with Crippen molar-refractivity contribution < 1.29 is 4.79 Å². The van der Waals surface area contributed by atoms with Crippen LogP contribution in [-0.4, -0.2) is 22.2 Å². The van der Waals surface area contributed by atoms with E-state index in [2.05, 4.69) is 29.6 Å². The van der Waals surface area contributed by atoms with E-state index in [-0.39, 0.29) is 5.91 Å². The summed E-state index contributed by atoms with van der Waals surface area (Å²) in [5.41, 5.74) is 4.34. The largest absolute Gasteiger partial charge is 0.322 e. The molecule has 0 spiro atoms. The van der Waals surface area contributed by atoms with E-state index < -0.39 is 0 Å². The smallest absolute Gasteiger partial charge is 0.259 e. The molecule has 1 amide bonds. The highest BCUT2D eigenvalue weighted by atomic mass is 16.1. The first-order valence-electron chi connectivity index (χ1n) is 8.21. The average Bonchev–Trinajstić information content (AvgIpc) is 2.80. The average molecular weight is 314 g/mol. The number of nitrogens with one attached hydrogen (secondary N) is 2. The minimum absolute atomic E-state index is 0.0945. The van der Waals surface area contributed by atoms with Crippen LogP contribution < -0.4 is 10.6 Å². The van der Waals surface area contributed by atoms with Gasteiger partial charge in [0.05, 0.1) is 11.3 Å². The van der Waals surface area contributed by atoms with Crippen molar-refractivity contribution in [1.82, 2.24) is 15.1 Å². The molecule has 1 aromatic heterocycles. The van der Waals surface area contributed by atoms with Gasteiger partial charge in [0.2, 0.25) is 0 Å². The Bertz CT molecular complexity index is 676. The first-order chi connectivity index (χ1) is 11.1. The molecule has 23 heavy (non-hydrogen) atoms. The fraction of sp³-hybridized carbons (Fsp3) is 0.444. The predicted molar refractivity (Wildman–Crippen MR) is 93.8 cm³/mol. The molecule has 2 N–H and O–H groups in total. The minimum atomic E-state index is -0.0945. The summed E-state index contributed by atoms with van der Waals surface area (Å²) in [5, 5.41) is 10.7. The standard InChI is InChI=1S/C18H26N4O/c1-5-10-22-14(4)17(13(3)21-22)18(23)20-16-9-7-8-15(11-16)12-19-6-2/h7-9,11,19H,5-6,10,12H2,1-4H3,(H,20,23). The van der Waals surface area contributed by atoms with E-state index in [9.17, 15) is 4.79 Å². The molecule has 0 radical (unpaired) electrons. The summed E-state index contributed by atoms with van der Waals surface area (Å²) < 4.78 is 1.91. The molecule has 1 heterocycles. The molecule has 0 unspecified atom stereocenters. The molecule has 0 saturated heterocycles. The number of hydrogen-bond donors (Lipinski definition) is 2. The van der Waals surface area contributed by atoms with Crippen molar-refractivity contribution >= 4 is 11.6 Å². The van der Waals surface area contributed by atoms with Gasteiger partial charge >= 0.3 is 0 Å². The maximum atomic E-state index is 12.6. The van der Waals surface area contributed by atoms with Gasteiger partial charge < -0.3 is 10.6 Å². The van der Waals surface area contributed by atoms with Crippen molar-refractivity contribution in [2.75, 3.05) is 11.9 Å². The second kappa shape index (κ2) is 7.92. The van der Waals surface area contributed by atoms with E-state index in [1.165, 1.54) is 0 Å². The SMILES string of the molecule is CCCn1nc(C)c(C(=O)Nc2cccc(CNCC)c2)c1C. The Balaban J connectivity index is 2.16. The third kappa shape index (κ3) is 4.20. The molecule has 0 bridgehead atoms. The number of benzene rings is 1. The van der Waals surface area contributed by atoms with Crippen LogP contribution >= 0.6 is 0 Å². The van der Waals surface area contributed by atoms with Crippen molar-refractivity contribution in [3.63, 3.8) is 0 Å². The molecule has 0 aliphatic heterocycles. The Hall–Kier alpha value is -2.14. The Morgan fingerprint density at radius 1 is 1.26 bits per heavy atom. The molecule has 0 fully saturated rings. The molecule has 1 aromatic carbocycles. The van der Waals surface area contributed by atoms with Crippen LogP contribution in [0.1, 0.15) is 47.6 Å². The molecule has 0 atom stereocenters. The van der Waals surface area contributed by atoms with E-state index in [1.807, 2.05) is 42.8 Å². The van der Waals surface area contributed by atoms with Crippen LogP contribution in [0, 0.1) is 13.8 Å². The van der Waals surface area contributed by atoms with Crippen LogP contribution in [0.15, 0.2) is 24.3 Å². The van der Waals surface area contributed by atoms with E-state index in [4.69, 9.17) is 0 Å². The maximum absolute atomic E-state index is 12.6. The molecular weight excluding hydrogens is 288 g/mol. The van der Waals surface area contributed by atoms with Gasteiger partial charge in [-0.2, -0.15) is 5.10 Å². The highest BCUT2D eigenvalue weighted by Gasteiger charge is 2.18. The third-order valence-corrected chi connectivity index (χ3v) is 3.81. The second-order valence-electron chi connectivity index (χ2n) is 5.70. The van der Waals surface area contributed by atoms with E-state index in [1.54, 1.807) is 0 Å². The van der Waals surface area contributed by atoms with Crippen molar-refractivity contribution in [3.05, 3.63) is 46.8 Å². The maximum Gasteiger partial charge on any atom is 0.259 e. The summed E-state index contributed by atoms with van der Waals surface area (Å²) in [6.07, 6.45) is 0.996. The summed E-state index contributed by atoms with van der Waals surface area (Å²) in [4.78, 5) is 12.6. The summed E-state index contributed by atoms with van der Waals surface area (Å²) in [6, 6.07) is 7.92. The Kier molecular flexibility index (Phi) is 5.93. The van der Waals surface area contributed by atoms with Gasteiger partial charge in [0.1, 0.15) is 0 Å².